The lowest BCUT2D eigenvalue weighted by Gasteiger charge is -2.06. The van der Waals surface area contributed by atoms with Crippen molar-refractivity contribution in [3.63, 3.8) is 0 Å². The van der Waals surface area contributed by atoms with Gasteiger partial charge in [-0.1, -0.05) is 0 Å². The minimum Gasteiger partial charge on any atom is -0.496 e. The number of amides is 1. The molecule has 0 bridgehead atoms. The molecule has 0 fully saturated rings. The van der Waals surface area contributed by atoms with E-state index in [2.05, 4.69) is 5.32 Å². The van der Waals surface area contributed by atoms with Crippen LogP contribution in [0.5, 0.6) is 11.5 Å². The number of anilines is 1. The van der Waals surface area contributed by atoms with Gasteiger partial charge in [-0.3, -0.25) is 4.79 Å². The SMILES string of the molecule is CCOc1ccc2c(c1)NC(=O)C2=Cc1cc(F)ccc1OC. The summed E-state index contributed by atoms with van der Waals surface area (Å²) in [6.07, 6.45) is 1.63. The molecule has 0 aliphatic carbocycles. The lowest BCUT2D eigenvalue weighted by Crippen LogP contribution is -2.03. The third kappa shape index (κ3) is 2.90. The largest absolute Gasteiger partial charge is 0.496 e. The Morgan fingerprint density at radius 2 is 2.04 bits per heavy atom. The first-order valence-corrected chi connectivity index (χ1v) is 7.26. The van der Waals surface area contributed by atoms with E-state index in [1.54, 1.807) is 18.2 Å². The molecule has 5 heteroatoms. The van der Waals surface area contributed by atoms with Gasteiger partial charge in [0.25, 0.3) is 5.91 Å². The Morgan fingerprint density at radius 3 is 2.78 bits per heavy atom. The standard InChI is InChI=1S/C18H16FNO3/c1-3-23-13-5-6-14-15(18(21)20-16(14)10-13)9-11-8-12(19)4-7-17(11)22-2/h4-10H,3H2,1-2H3,(H,20,21). The number of rotatable bonds is 4. The van der Waals surface area contributed by atoms with E-state index in [9.17, 15) is 9.18 Å². The van der Waals surface area contributed by atoms with Crippen molar-refractivity contribution in [1.82, 2.24) is 0 Å². The Hall–Kier alpha value is -2.82. The summed E-state index contributed by atoms with van der Waals surface area (Å²) in [5.74, 6) is 0.574. The zero-order chi connectivity index (χ0) is 16.4. The van der Waals surface area contributed by atoms with Crippen molar-refractivity contribution in [3.05, 3.63) is 53.3 Å². The first-order chi connectivity index (χ1) is 11.1. The summed E-state index contributed by atoms with van der Waals surface area (Å²) in [7, 11) is 1.51. The lowest BCUT2D eigenvalue weighted by molar-refractivity contribution is -0.110. The molecule has 23 heavy (non-hydrogen) atoms. The van der Waals surface area contributed by atoms with E-state index in [4.69, 9.17) is 9.47 Å². The Labute approximate surface area is 133 Å². The van der Waals surface area contributed by atoms with Crippen LogP contribution < -0.4 is 14.8 Å². The number of methoxy groups -OCH3 is 1. The molecule has 1 N–H and O–H groups in total. The van der Waals surface area contributed by atoms with E-state index in [0.29, 0.717) is 34.9 Å². The number of benzene rings is 2. The summed E-state index contributed by atoms with van der Waals surface area (Å²) in [5.41, 5.74) is 2.42. The molecule has 0 atom stereocenters. The predicted octanol–water partition coefficient (Wildman–Crippen LogP) is 3.73. The normalized spacial score (nSPS) is 14.6. The maximum Gasteiger partial charge on any atom is 0.256 e. The van der Waals surface area contributed by atoms with Crippen molar-refractivity contribution in [2.75, 3.05) is 19.0 Å². The highest BCUT2D eigenvalue weighted by molar-refractivity contribution is 6.35. The van der Waals surface area contributed by atoms with Gasteiger partial charge in [-0.2, -0.15) is 0 Å². The zero-order valence-corrected chi connectivity index (χ0v) is 12.9. The summed E-state index contributed by atoms with van der Waals surface area (Å²) in [5, 5.41) is 2.80. The van der Waals surface area contributed by atoms with Crippen molar-refractivity contribution in [2.45, 2.75) is 6.92 Å². The smallest absolute Gasteiger partial charge is 0.256 e. The fraction of sp³-hybridized carbons (Fsp3) is 0.167. The van der Waals surface area contributed by atoms with Crippen LogP contribution in [0.2, 0.25) is 0 Å². The highest BCUT2D eigenvalue weighted by atomic mass is 19.1. The molecular weight excluding hydrogens is 297 g/mol. The van der Waals surface area contributed by atoms with Crippen molar-refractivity contribution in [1.29, 1.82) is 0 Å². The van der Waals surface area contributed by atoms with Gasteiger partial charge in [0.1, 0.15) is 17.3 Å². The molecule has 1 heterocycles. The summed E-state index contributed by atoms with van der Waals surface area (Å²) < 4.78 is 24.1. The second-order valence-corrected chi connectivity index (χ2v) is 5.04. The van der Waals surface area contributed by atoms with Gasteiger partial charge in [0.2, 0.25) is 0 Å². The Kier molecular flexibility index (Phi) is 4.02. The van der Waals surface area contributed by atoms with Gasteiger partial charge in [0, 0.05) is 22.8 Å². The molecule has 3 rings (SSSR count). The van der Waals surface area contributed by atoms with Crippen molar-refractivity contribution in [3.8, 4) is 11.5 Å². The van der Waals surface area contributed by atoms with Crippen molar-refractivity contribution < 1.29 is 18.7 Å². The van der Waals surface area contributed by atoms with Crippen LogP contribution >= 0.6 is 0 Å². The first kappa shape index (κ1) is 15.1. The van der Waals surface area contributed by atoms with Gasteiger partial charge in [0.15, 0.2) is 0 Å². The molecule has 118 valence electrons. The fourth-order valence-corrected chi connectivity index (χ4v) is 2.55. The van der Waals surface area contributed by atoms with Crippen LogP contribution in [0.15, 0.2) is 36.4 Å². The summed E-state index contributed by atoms with van der Waals surface area (Å²) in [4.78, 5) is 12.2. The molecule has 0 saturated carbocycles. The van der Waals surface area contributed by atoms with E-state index < -0.39 is 0 Å². The number of hydrogen-bond donors (Lipinski definition) is 1. The number of nitrogens with one attached hydrogen (secondary N) is 1. The topological polar surface area (TPSA) is 47.6 Å². The lowest BCUT2D eigenvalue weighted by atomic mass is 10.0. The molecular formula is C18H16FNO3. The maximum absolute atomic E-state index is 13.5. The van der Waals surface area contributed by atoms with E-state index in [1.165, 1.54) is 25.3 Å². The third-order valence-electron chi connectivity index (χ3n) is 3.58. The van der Waals surface area contributed by atoms with Crippen LogP contribution in [-0.2, 0) is 4.79 Å². The highest BCUT2D eigenvalue weighted by Gasteiger charge is 2.25. The monoisotopic (exact) mass is 313 g/mol. The van der Waals surface area contributed by atoms with E-state index in [-0.39, 0.29) is 11.7 Å². The van der Waals surface area contributed by atoms with Crippen LogP contribution in [0.4, 0.5) is 10.1 Å². The Bertz CT molecular complexity index is 799. The number of halogens is 1. The first-order valence-electron chi connectivity index (χ1n) is 7.26. The molecule has 1 aliphatic heterocycles. The van der Waals surface area contributed by atoms with Crippen molar-refractivity contribution in [2.24, 2.45) is 0 Å². The molecule has 0 saturated heterocycles. The average Bonchev–Trinajstić information content (AvgIpc) is 2.83. The van der Waals surface area contributed by atoms with E-state index >= 15 is 0 Å². The molecule has 0 spiro atoms. The van der Waals surface area contributed by atoms with Gasteiger partial charge in [0.05, 0.1) is 19.4 Å². The minimum absolute atomic E-state index is 0.236. The molecule has 2 aromatic rings. The Balaban J connectivity index is 2.05. The summed E-state index contributed by atoms with van der Waals surface area (Å²) in [6.45, 7) is 2.45. The number of ether oxygens (including phenoxy) is 2. The second-order valence-electron chi connectivity index (χ2n) is 5.04. The van der Waals surface area contributed by atoms with Gasteiger partial charge in [-0.05, 0) is 43.3 Å². The molecule has 0 unspecified atom stereocenters. The second kappa shape index (κ2) is 6.12. The molecule has 2 aromatic carbocycles. The van der Waals surface area contributed by atoms with Crippen LogP contribution in [0.25, 0.3) is 11.6 Å². The Morgan fingerprint density at radius 1 is 1.22 bits per heavy atom. The highest BCUT2D eigenvalue weighted by Crippen LogP contribution is 2.36. The number of hydrogen-bond acceptors (Lipinski definition) is 3. The van der Waals surface area contributed by atoms with Gasteiger partial charge < -0.3 is 14.8 Å². The third-order valence-corrected chi connectivity index (χ3v) is 3.58. The maximum atomic E-state index is 13.5. The molecule has 0 aromatic heterocycles. The summed E-state index contributed by atoms with van der Waals surface area (Å²) in [6, 6.07) is 9.59. The van der Waals surface area contributed by atoms with Crippen LogP contribution in [0.3, 0.4) is 0 Å². The molecule has 1 amide bonds. The predicted molar refractivity (Wildman–Crippen MR) is 87.1 cm³/mol. The van der Waals surface area contributed by atoms with E-state index in [1.807, 2.05) is 13.0 Å². The van der Waals surface area contributed by atoms with Gasteiger partial charge >= 0.3 is 0 Å². The van der Waals surface area contributed by atoms with Crippen LogP contribution in [-0.4, -0.2) is 19.6 Å². The average molecular weight is 313 g/mol. The van der Waals surface area contributed by atoms with E-state index in [0.717, 1.165) is 5.56 Å². The van der Waals surface area contributed by atoms with Crippen LogP contribution in [0, 0.1) is 5.82 Å². The fourth-order valence-electron chi connectivity index (χ4n) is 2.55. The molecule has 4 nitrogen and oxygen atoms in total. The van der Waals surface area contributed by atoms with Gasteiger partial charge in [-0.25, -0.2) is 4.39 Å². The summed E-state index contributed by atoms with van der Waals surface area (Å²) >= 11 is 0. The molecule has 0 radical (unpaired) electrons. The number of carbonyl (C=O) groups is 1. The zero-order valence-electron chi connectivity index (χ0n) is 12.9. The quantitative estimate of drug-likeness (QED) is 0.875. The molecule has 1 aliphatic rings. The van der Waals surface area contributed by atoms with Gasteiger partial charge in [-0.15, -0.1) is 0 Å². The minimum atomic E-state index is -0.386. The van der Waals surface area contributed by atoms with Crippen LogP contribution in [0.1, 0.15) is 18.1 Å². The number of fused-ring (bicyclic) bond motifs is 1. The van der Waals surface area contributed by atoms with Crippen molar-refractivity contribution >= 4 is 23.2 Å². The number of carbonyl (C=O) groups excluding carboxylic acids is 1.